The van der Waals surface area contributed by atoms with Gasteiger partial charge in [-0.1, -0.05) is 60.2 Å². The molecule has 0 aliphatic heterocycles. The van der Waals surface area contributed by atoms with Crippen LogP contribution in [0, 0.1) is 6.92 Å². The van der Waals surface area contributed by atoms with Crippen molar-refractivity contribution in [1.82, 2.24) is 14.9 Å². The molecular formula is C24H24N4S. The Bertz CT molecular complexity index is 1050. The minimum Gasteiger partial charge on any atom is -0.344 e. The van der Waals surface area contributed by atoms with Gasteiger partial charge >= 0.3 is 0 Å². The van der Waals surface area contributed by atoms with Crippen molar-refractivity contribution in [2.75, 3.05) is 11.9 Å². The van der Waals surface area contributed by atoms with Gasteiger partial charge in [0.25, 0.3) is 0 Å². The van der Waals surface area contributed by atoms with E-state index in [1.54, 1.807) is 0 Å². The van der Waals surface area contributed by atoms with Gasteiger partial charge in [0.2, 0.25) is 0 Å². The number of fused-ring (bicyclic) bond motifs is 1. The highest BCUT2D eigenvalue weighted by Gasteiger charge is 2.12. The number of thiocarbonyl (C=S) groups is 1. The first-order valence-electron chi connectivity index (χ1n) is 9.77. The van der Waals surface area contributed by atoms with E-state index in [0.29, 0.717) is 5.11 Å². The fourth-order valence-corrected chi connectivity index (χ4v) is 3.53. The molecule has 0 atom stereocenters. The number of aromatic nitrogens is 2. The maximum absolute atomic E-state index is 5.75. The summed E-state index contributed by atoms with van der Waals surface area (Å²) < 4.78 is 0. The topological polar surface area (TPSA) is 44.0 Å². The first-order valence-corrected chi connectivity index (χ1v) is 10.2. The maximum atomic E-state index is 5.75. The molecular weight excluding hydrogens is 376 g/mol. The number of benzene rings is 3. The van der Waals surface area contributed by atoms with Crippen LogP contribution < -0.4 is 5.32 Å². The summed E-state index contributed by atoms with van der Waals surface area (Å²) in [5, 5.41) is 4.10. The Morgan fingerprint density at radius 3 is 2.45 bits per heavy atom. The molecule has 4 rings (SSSR count). The summed E-state index contributed by atoms with van der Waals surface area (Å²) in [6, 6.07) is 26.8. The molecule has 4 aromatic rings. The van der Waals surface area contributed by atoms with E-state index in [1.165, 1.54) is 11.1 Å². The minimum absolute atomic E-state index is 0.716. The zero-order valence-electron chi connectivity index (χ0n) is 16.4. The van der Waals surface area contributed by atoms with Gasteiger partial charge < -0.3 is 15.2 Å². The standard InChI is InChI=1S/C24H24N4S/c1-18-11-13-20(14-12-18)25-24(29)28(17-19-7-3-2-4-8-19)16-15-23-26-21-9-5-6-10-22(21)27-23/h2-14H,15-17H2,1H3,(H,25,29)(H,26,27). The van der Waals surface area contributed by atoms with Crippen molar-refractivity contribution in [3.05, 3.63) is 95.8 Å². The first kappa shape index (κ1) is 19.2. The summed E-state index contributed by atoms with van der Waals surface area (Å²) >= 11 is 5.75. The van der Waals surface area contributed by atoms with Crippen LogP contribution in [-0.4, -0.2) is 26.5 Å². The van der Waals surface area contributed by atoms with E-state index >= 15 is 0 Å². The van der Waals surface area contributed by atoms with E-state index in [4.69, 9.17) is 17.2 Å². The number of nitrogens with one attached hydrogen (secondary N) is 2. The number of nitrogens with zero attached hydrogens (tertiary/aromatic N) is 2. The lowest BCUT2D eigenvalue weighted by atomic mass is 10.2. The number of aryl methyl sites for hydroxylation is 1. The normalized spacial score (nSPS) is 10.8. The van der Waals surface area contributed by atoms with E-state index in [2.05, 4.69) is 76.7 Å². The van der Waals surface area contributed by atoms with E-state index < -0.39 is 0 Å². The molecule has 4 nitrogen and oxygen atoms in total. The van der Waals surface area contributed by atoms with Crippen LogP contribution in [0.15, 0.2) is 78.9 Å². The highest BCUT2D eigenvalue weighted by atomic mass is 32.1. The van der Waals surface area contributed by atoms with Crippen LogP contribution in [0.5, 0.6) is 0 Å². The summed E-state index contributed by atoms with van der Waals surface area (Å²) in [4.78, 5) is 10.3. The van der Waals surface area contributed by atoms with Crippen LogP contribution in [-0.2, 0) is 13.0 Å². The smallest absolute Gasteiger partial charge is 0.173 e. The molecule has 3 aromatic carbocycles. The van der Waals surface area contributed by atoms with Gasteiger partial charge in [-0.15, -0.1) is 0 Å². The lowest BCUT2D eigenvalue weighted by Gasteiger charge is -2.26. The second-order valence-electron chi connectivity index (χ2n) is 7.15. The molecule has 29 heavy (non-hydrogen) atoms. The maximum Gasteiger partial charge on any atom is 0.173 e. The van der Waals surface area contributed by atoms with E-state index in [0.717, 1.165) is 42.1 Å². The van der Waals surface area contributed by atoms with E-state index in [1.807, 2.05) is 24.3 Å². The van der Waals surface area contributed by atoms with Gasteiger partial charge in [-0.25, -0.2) is 4.98 Å². The zero-order chi connectivity index (χ0) is 20.1. The van der Waals surface area contributed by atoms with Crippen LogP contribution in [0.2, 0.25) is 0 Å². The molecule has 0 saturated carbocycles. The van der Waals surface area contributed by atoms with Crippen LogP contribution in [0.3, 0.4) is 0 Å². The minimum atomic E-state index is 0.716. The fraction of sp³-hybridized carbons (Fsp3) is 0.167. The summed E-state index contributed by atoms with van der Waals surface area (Å²) in [6.07, 6.45) is 0.789. The molecule has 1 aromatic heterocycles. The highest BCUT2D eigenvalue weighted by Crippen LogP contribution is 2.14. The molecule has 146 valence electrons. The van der Waals surface area contributed by atoms with Crippen LogP contribution in [0.1, 0.15) is 17.0 Å². The third kappa shape index (κ3) is 5.00. The van der Waals surface area contributed by atoms with Gasteiger partial charge in [0, 0.05) is 25.2 Å². The number of imidazole rings is 1. The van der Waals surface area contributed by atoms with Crippen molar-refractivity contribution >= 4 is 34.1 Å². The van der Waals surface area contributed by atoms with Gasteiger partial charge in [-0.2, -0.15) is 0 Å². The summed E-state index contributed by atoms with van der Waals surface area (Å²) in [7, 11) is 0. The Hall–Kier alpha value is -3.18. The van der Waals surface area contributed by atoms with Gasteiger partial charge in [0.15, 0.2) is 5.11 Å². The van der Waals surface area contributed by atoms with Crippen molar-refractivity contribution in [3.63, 3.8) is 0 Å². The molecule has 0 amide bonds. The molecule has 0 unspecified atom stereocenters. The van der Waals surface area contributed by atoms with Gasteiger partial charge in [0.1, 0.15) is 5.82 Å². The molecule has 0 aliphatic carbocycles. The Balaban J connectivity index is 1.49. The molecule has 0 spiro atoms. The van der Waals surface area contributed by atoms with Crippen molar-refractivity contribution in [1.29, 1.82) is 0 Å². The molecule has 0 radical (unpaired) electrons. The number of anilines is 1. The Morgan fingerprint density at radius 1 is 0.966 bits per heavy atom. The Labute approximate surface area is 176 Å². The van der Waals surface area contributed by atoms with Gasteiger partial charge in [-0.05, 0) is 49.0 Å². The lowest BCUT2D eigenvalue weighted by Crippen LogP contribution is -2.36. The molecule has 2 N–H and O–H groups in total. The summed E-state index contributed by atoms with van der Waals surface area (Å²) in [5.74, 6) is 0.974. The van der Waals surface area contributed by atoms with Gasteiger partial charge in [-0.3, -0.25) is 0 Å². The lowest BCUT2D eigenvalue weighted by molar-refractivity contribution is 0.419. The number of hydrogen-bond donors (Lipinski definition) is 2. The number of hydrogen-bond acceptors (Lipinski definition) is 2. The second kappa shape index (κ2) is 8.88. The van der Waals surface area contributed by atoms with Gasteiger partial charge in [0.05, 0.1) is 11.0 Å². The molecule has 0 saturated heterocycles. The average molecular weight is 401 g/mol. The summed E-state index contributed by atoms with van der Waals surface area (Å²) in [6.45, 7) is 3.60. The fourth-order valence-electron chi connectivity index (χ4n) is 3.26. The Kier molecular flexibility index (Phi) is 5.86. The predicted octanol–water partition coefficient (Wildman–Crippen LogP) is 5.31. The van der Waals surface area contributed by atoms with E-state index in [-0.39, 0.29) is 0 Å². The van der Waals surface area contributed by atoms with Crippen molar-refractivity contribution in [3.8, 4) is 0 Å². The molecule has 0 fully saturated rings. The molecule has 1 heterocycles. The van der Waals surface area contributed by atoms with Crippen LogP contribution >= 0.6 is 12.2 Å². The summed E-state index contributed by atoms with van der Waals surface area (Å²) in [5.41, 5.74) is 5.52. The molecule has 0 bridgehead atoms. The SMILES string of the molecule is Cc1ccc(NC(=S)N(CCc2nc3ccccc3[nH]2)Cc2ccccc2)cc1. The van der Waals surface area contributed by atoms with E-state index in [9.17, 15) is 0 Å². The zero-order valence-corrected chi connectivity index (χ0v) is 17.2. The largest absolute Gasteiger partial charge is 0.344 e. The molecule has 5 heteroatoms. The number of rotatable bonds is 6. The number of para-hydroxylation sites is 2. The van der Waals surface area contributed by atoms with Crippen molar-refractivity contribution < 1.29 is 0 Å². The third-order valence-electron chi connectivity index (χ3n) is 4.86. The third-order valence-corrected chi connectivity index (χ3v) is 5.22. The monoisotopic (exact) mass is 400 g/mol. The second-order valence-corrected chi connectivity index (χ2v) is 7.54. The Morgan fingerprint density at radius 2 is 1.69 bits per heavy atom. The molecule has 0 aliphatic rings. The quantitative estimate of drug-likeness (QED) is 0.430. The average Bonchev–Trinajstić information content (AvgIpc) is 3.16. The van der Waals surface area contributed by atoms with Crippen molar-refractivity contribution in [2.45, 2.75) is 19.9 Å². The van der Waals surface area contributed by atoms with Crippen molar-refractivity contribution in [2.24, 2.45) is 0 Å². The van der Waals surface area contributed by atoms with Crippen LogP contribution in [0.25, 0.3) is 11.0 Å². The van der Waals surface area contributed by atoms with Crippen LogP contribution in [0.4, 0.5) is 5.69 Å². The highest BCUT2D eigenvalue weighted by molar-refractivity contribution is 7.80. The first-order chi connectivity index (χ1) is 14.2. The number of aromatic amines is 1. The number of H-pyrrole nitrogens is 1. The predicted molar refractivity (Wildman–Crippen MR) is 124 cm³/mol.